The summed E-state index contributed by atoms with van der Waals surface area (Å²) >= 11 is 0. The number of unbranched alkanes of at least 4 members (excludes halogenated alkanes) is 1. The molecule has 0 heterocycles. The first-order valence-corrected chi connectivity index (χ1v) is 3.66. The zero-order chi connectivity index (χ0) is 8.69. The highest BCUT2D eigenvalue weighted by Gasteiger charge is 2.18. The maximum absolute atomic E-state index is 10.7. The molecule has 0 spiro atoms. The van der Waals surface area contributed by atoms with Crippen LogP contribution in [0, 0.1) is 4.91 Å². The molecule has 0 N–H and O–H groups in total. The van der Waals surface area contributed by atoms with Crippen LogP contribution in [0.3, 0.4) is 0 Å². The van der Waals surface area contributed by atoms with Gasteiger partial charge < -0.3 is 4.74 Å². The van der Waals surface area contributed by atoms with Crippen LogP contribution in [0.15, 0.2) is 5.18 Å². The summed E-state index contributed by atoms with van der Waals surface area (Å²) < 4.78 is 4.37. The number of carbonyl (C=O) groups excluding carboxylic acids is 1. The fraction of sp³-hybridized carbons (Fsp3) is 0.857. The first-order valence-electron chi connectivity index (χ1n) is 3.66. The predicted octanol–water partition coefficient (Wildman–Crippen LogP) is 1.48. The number of nitroso groups, excluding NO2 is 1. The van der Waals surface area contributed by atoms with Gasteiger partial charge in [0.2, 0.25) is 0 Å². The highest BCUT2D eigenvalue weighted by molar-refractivity contribution is 5.75. The zero-order valence-electron chi connectivity index (χ0n) is 6.87. The number of nitrogens with zero attached hydrogens (tertiary/aromatic N) is 1. The number of ether oxygens (including phenoxy) is 1. The molecule has 0 aromatic heterocycles. The van der Waals surface area contributed by atoms with Crippen LogP contribution in [-0.4, -0.2) is 19.1 Å². The molecular weight excluding hydrogens is 146 g/mol. The van der Waals surface area contributed by atoms with E-state index in [0.29, 0.717) is 6.42 Å². The molecule has 0 aromatic carbocycles. The van der Waals surface area contributed by atoms with Gasteiger partial charge in [0, 0.05) is 0 Å². The van der Waals surface area contributed by atoms with Gasteiger partial charge in [-0.25, -0.2) is 4.79 Å². The van der Waals surface area contributed by atoms with E-state index in [4.69, 9.17) is 0 Å². The van der Waals surface area contributed by atoms with Crippen molar-refractivity contribution in [3.05, 3.63) is 4.91 Å². The van der Waals surface area contributed by atoms with Gasteiger partial charge in [-0.05, 0) is 6.42 Å². The smallest absolute Gasteiger partial charge is 0.334 e. The molecule has 0 aliphatic rings. The summed E-state index contributed by atoms with van der Waals surface area (Å²) in [6.07, 6.45) is 2.27. The minimum atomic E-state index is -0.806. The van der Waals surface area contributed by atoms with Gasteiger partial charge in [0.05, 0.1) is 7.11 Å². The monoisotopic (exact) mass is 159 g/mol. The molecular formula is C7H13NO3. The van der Waals surface area contributed by atoms with Crippen molar-refractivity contribution in [2.75, 3.05) is 7.11 Å². The van der Waals surface area contributed by atoms with Crippen molar-refractivity contribution in [2.45, 2.75) is 32.2 Å². The van der Waals surface area contributed by atoms with Gasteiger partial charge >= 0.3 is 5.97 Å². The van der Waals surface area contributed by atoms with E-state index in [1.807, 2.05) is 6.92 Å². The number of hydrogen-bond donors (Lipinski definition) is 0. The van der Waals surface area contributed by atoms with Crippen LogP contribution >= 0.6 is 0 Å². The molecule has 1 atom stereocenters. The minimum absolute atomic E-state index is 0.493. The second-order valence-electron chi connectivity index (χ2n) is 2.29. The number of carbonyl (C=O) groups is 1. The lowest BCUT2D eigenvalue weighted by atomic mass is 10.1. The lowest BCUT2D eigenvalue weighted by molar-refractivity contribution is -0.142. The molecule has 0 radical (unpaired) electrons. The van der Waals surface area contributed by atoms with Crippen molar-refractivity contribution in [3.8, 4) is 0 Å². The van der Waals surface area contributed by atoms with Crippen molar-refractivity contribution < 1.29 is 9.53 Å². The SMILES string of the molecule is CCCC[C@H](N=O)C(=O)OC. The van der Waals surface area contributed by atoms with Gasteiger partial charge in [-0.3, -0.25) is 0 Å². The van der Waals surface area contributed by atoms with Crippen LogP contribution in [0.5, 0.6) is 0 Å². The third-order valence-electron chi connectivity index (χ3n) is 1.43. The van der Waals surface area contributed by atoms with E-state index in [1.54, 1.807) is 0 Å². The van der Waals surface area contributed by atoms with Gasteiger partial charge in [0.25, 0.3) is 0 Å². The highest BCUT2D eigenvalue weighted by atomic mass is 16.5. The Morgan fingerprint density at radius 1 is 1.64 bits per heavy atom. The predicted molar refractivity (Wildman–Crippen MR) is 41.1 cm³/mol. The molecule has 0 aromatic rings. The molecule has 0 fully saturated rings. The Balaban J connectivity index is 3.74. The van der Waals surface area contributed by atoms with E-state index >= 15 is 0 Å². The van der Waals surface area contributed by atoms with Gasteiger partial charge in [0.15, 0.2) is 6.04 Å². The van der Waals surface area contributed by atoms with Gasteiger partial charge in [-0.2, -0.15) is 0 Å². The van der Waals surface area contributed by atoms with Crippen LogP contribution in [0.4, 0.5) is 0 Å². The first kappa shape index (κ1) is 10.1. The molecule has 0 amide bonds. The summed E-state index contributed by atoms with van der Waals surface area (Å²) in [7, 11) is 1.26. The summed E-state index contributed by atoms with van der Waals surface area (Å²) in [4.78, 5) is 20.8. The van der Waals surface area contributed by atoms with E-state index in [1.165, 1.54) is 7.11 Å². The summed E-state index contributed by atoms with van der Waals surface area (Å²) in [5.74, 6) is -0.534. The largest absolute Gasteiger partial charge is 0.467 e. The van der Waals surface area contributed by atoms with Crippen LogP contribution in [0.25, 0.3) is 0 Å². The molecule has 0 saturated heterocycles. The average molecular weight is 159 g/mol. The lowest BCUT2D eigenvalue weighted by Crippen LogP contribution is -2.19. The van der Waals surface area contributed by atoms with E-state index in [9.17, 15) is 9.70 Å². The Bertz CT molecular complexity index is 136. The Morgan fingerprint density at radius 3 is 2.64 bits per heavy atom. The zero-order valence-corrected chi connectivity index (χ0v) is 6.87. The lowest BCUT2D eigenvalue weighted by Gasteiger charge is -2.04. The summed E-state index contributed by atoms with van der Waals surface area (Å²) in [6.45, 7) is 1.99. The molecule has 0 aliphatic heterocycles. The fourth-order valence-corrected chi connectivity index (χ4v) is 0.747. The number of hydrogen-bond acceptors (Lipinski definition) is 4. The van der Waals surface area contributed by atoms with Crippen LogP contribution in [0.1, 0.15) is 26.2 Å². The highest BCUT2D eigenvalue weighted by Crippen LogP contribution is 2.05. The van der Waals surface area contributed by atoms with Crippen molar-refractivity contribution >= 4 is 5.97 Å². The first-order chi connectivity index (χ1) is 5.26. The average Bonchev–Trinajstić information content (AvgIpc) is 2.05. The van der Waals surface area contributed by atoms with E-state index in [2.05, 4.69) is 9.91 Å². The second-order valence-corrected chi connectivity index (χ2v) is 2.29. The molecule has 0 saturated carbocycles. The van der Waals surface area contributed by atoms with E-state index in [-0.39, 0.29) is 0 Å². The summed E-state index contributed by atoms with van der Waals surface area (Å²) in [6, 6.07) is -0.806. The van der Waals surface area contributed by atoms with Crippen LogP contribution < -0.4 is 0 Å². The van der Waals surface area contributed by atoms with Gasteiger partial charge in [0.1, 0.15) is 0 Å². The third-order valence-corrected chi connectivity index (χ3v) is 1.43. The Morgan fingerprint density at radius 2 is 2.27 bits per heavy atom. The maximum atomic E-state index is 10.7. The molecule has 0 rings (SSSR count). The molecule has 64 valence electrons. The number of methoxy groups -OCH3 is 1. The van der Waals surface area contributed by atoms with E-state index < -0.39 is 12.0 Å². The Hall–Kier alpha value is -0.930. The summed E-state index contributed by atoms with van der Waals surface area (Å²) in [5, 5.41) is 2.67. The number of esters is 1. The molecule has 11 heavy (non-hydrogen) atoms. The molecule has 0 aliphatic carbocycles. The quantitative estimate of drug-likeness (QED) is 0.451. The van der Waals surface area contributed by atoms with Gasteiger partial charge in [-0.15, -0.1) is 4.91 Å². The topological polar surface area (TPSA) is 55.7 Å². The summed E-state index contributed by atoms with van der Waals surface area (Å²) in [5.41, 5.74) is 0. The van der Waals surface area contributed by atoms with Crippen molar-refractivity contribution in [1.29, 1.82) is 0 Å². The second kappa shape index (κ2) is 5.82. The minimum Gasteiger partial charge on any atom is -0.467 e. The Labute approximate surface area is 65.9 Å². The van der Waals surface area contributed by atoms with Crippen LogP contribution in [0.2, 0.25) is 0 Å². The third kappa shape index (κ3) is 3.70. The molecule has 0 unspecified atom stereocenters. The van der Waals surface area contributed by atoms with Crippen molar-refractivity contribution in [1.82, 2.24) is 0 Å². The molecule has 4 nitrogen and oxygen atoms in total. The molecule has 4 heteroatoms. The van der Waals surface area contributed by atoms with Crippen LogP contribution in [-0.2, 0) is 9.53 Å². The van der Waals surface area contributed by atoms with Crippen molar-refractivity contribution in [3.63, 3.8) is 0 Å². The Kier molecular flexibility index (Phi) is 5.33. The fourth-order valence-electron chi connectivity index (χ4n) is 0.747. The van der Waals surface area contributed by atoms with E-state index in [0.717, 1.165) is 12.8 Å². The standard InChI is InChI=1S/C7H13NO3/c1-3-4-5-6(8-10)7(9)11-2/h6H,3-5H2,1-2H3/t6-/m0/s1. The van der Waals surface area contributed by atoms with Gasteiger partial charge in [-0.1, -0.05) is 24.9 Å². The van der Waals surface area contributed by atoms with Crippen molar-refractivity contribution in [2.24, 2.45) is 5.18 Å². The normalized spacial score (nSPS) is 12.2. The maximum Gasteiger partial charge on any atom is 0.334 e. The number of rotatable bonds is 5. The molecule has 0 bridgehead atoms.